The first kappa shape index (κ1) is 7.93. The van der Waals surface area contributed by atoms with Gasteiger partial charge in [0.25, 0.3) is 5.89 Å². The molecule has 2 rings (SSSR count). The fourth-order valence-corrected chi connectivity index (χ4v) is 0.856. The van der Waals surface area contributed by atoms with Gasteiger partial charge in [0.05, 0.1) is 6.20 Å². The maximum Gasteiger partial charge on any atom is 0.285 e. The van der Waals surface area contributed by atoms with E-state index in [1.54, 1.807) is 7.11 Å². The summed E-state index contributed by atoms with van der Waals surface area (Å²) in [6.45, 7) is 0.293. The maximum absolute atomic E-state index is 5.19. The molecule has 68 valence electrons. The van der Waals surface area contributed by atoms with Crippen LogP contribution in [0, 0.1) is 0 Å². The third-order valence-corrected chi connectivity index (χ3v) is 1.38. The van der Waals surface area contributed by atoms with Crippen molar-refractivity contribution in [1.82, 2.24) is 15.2 Å². The molecule has 0 aromatic carbocycles. The molecule has 0 aliphatic heterocycles. The molecule has 0 amide bonds. The Balaban J connectivity index is 2.23. The fraction of sp³-hybridized carbons (Fsp3) is 0.286. The Kier molecular flexibility index (Phi) is 2.05. The SMILES string of the molecule is COCc1nnc(-c2cnco2)o1. The Morgan fingerprint density at radius 1 is 1.46 bits per heavy atom. The molecule has 0 bridgehead atoms. The molecule has 2 heterocycles. The second kappa shape index (κ2) is 3.36. The molecular formula is C7H7N3O3. The molecule has 0 saturated carbocycles. The molecule has 2 aromatic rings. The van der Waals surface area contributed by atoms with Gasteiger partial charge in [-0.15, -0.1) is 10.2 Å². The van der Waals surface area contributed by atoms with Gasteiger partial charge >= 0.3 is 0 Å². The molecule has 13 heavy (non-hydrogen) atoms. The fourth-order valence-electron chi connectivity index (χ4n) is 0.856. The Bertz CT molecular complexity index is 368. The summed E-state index contributed by atoms with van der Waals surface area (Å²) in [5, 5.41) is 7.48. The van der Waals surface area contributed by atoms with Gasteiger partial charge in [-0.2, -0.15) is 0 Å². The van der Waals surface area contributed by atoms with Gasteiger partial charge in [0, 0.05) is 7.11 Å². The van der Waals surface area contributed by atoms with Crippen molar-refractivity contribution in [3.63, 3.8) is 0 Å². The minimum Gasteiger partial charge on any atom is -0.438 e. The van der Waals surface area contributed by atoms with Crippen LogP contribution in [0.2, 0.25) is 0 Å². The molecule has 0 saturated heterocycles. The average Bonchev–Trinajstić information content (AvgIpc) is 2.70. The van der Waals surface area contributed by atoms with Crippen molar-refractivity contribution < 1.29 is 13.6 Å². The van der Waals surface area contributed by atoms with E-state index in [4.69, 9.17) is 13.6 Å². The van der Waals surface area contributed by atoms with Crippen LogP contribution in [-0.2, 0) is 11.3 Å². The second-order valence-electron chi connectivity index (χ2n) is 2.30. The summed E-state index contributed by atoms with van der Waals surface area (Å²) in [4.78, 5) is 3.73. The Hall–Kier alpha value is -1.69. The number of oxazole rings is 1. The zero-order valence-corrected chi connectivity index (χ0v) is 6.93. The molecule has 0 unspecified atom stereocenters. The van der Waals surface area contributed by atoms with Crippen LogP contribution >= 0.6 is 0 Å². The summed E-state index contributed by atoms with van der Waals surface area (Å²) < 4.78 is 15.0. The zero-order valence-electron chi connectivity index (χ0n) is 6.93. The van der Waals surface area contributed by atoms with Gasteiger partial charge in [0.2, 0.25) is 11.7 Å². The third-order valence-electron chi connectivity index (χ3n) is 1.38. The summed E-state index contributed by atoms with van der Waals surface area (Å²) in [7, 11) is 1.55. The van der Waals surface area contributed by atoms with Crippen LogP contribution in [0.3, 0.4) is 0 Å². The lowest BCUT2D eigenvalue weighted by Crippen LogP contribution is -1.85. The zero-order chi connectivity index (χ0) is 9.10. The number of aromatic nitrogens is 3. The van der Waals surface area contributed by atoms with Crippen LogP contribution in [0.15, 0.2) is 21.4 Å². The Morgan fingerprint density at radius 2 is 2.38 bits per heavy atom. The molecule has 0 fully saturated rings. The van der Waals surface area contributed by atoms with E-state index in [1.807, 2.05) is 0 Å². The lowest BCUT2D eigenvalue weighted by molar-refractivity contribution is 0.160. The minimum atomic E-state index is 0.293. The molecule has 0 aliphatic carbocycles. The second-order valence-corrected chi connectivity index (χ2v) is 2.30. The van der Waals surface area contributed by atoms with E-state index in [0.29, 0.717) is 24.1 Å². The first-order valence-corrected chi connectivity index (χ1v) is 3.60. The van der Waals surface area contributed by atoms with E-state index < -0.39 is 0 Å². The van der Waals surface area contributed by atoms with E-state index in [1.165, 1.54) is 12.6 Å². The van der Waals surface area contributed by atoms with Gasteiger partial charge in [0.1, 0.15) is 6.61 Å². The van der Waals surface area contributed by atoms with Gasteiger partial charge < -0.3 is 13.6 Å². The molecular weight excluding hydrogens is 174 g/mol. The lowest BCUT2D eigenvalue weighted by Gasteiger charge is -1.88. The number of nitrogens with zero attached hydrogens (tertiary/aromatic N) is 3. The first-order valence-electron chi connectivity index (χ1n) is 3.60. The highest BCUT2D eigenvalue weighted by Crippen LogP contribution is 2.16. The van der Waals surface area contributed by atoms with Crippen molar-refractivity contribution >= 4 is 0 Å². The van der Waals surface area contributed by atoms with E-state index in [2.05, 4.69) is 15.2 Å². The third kappa shape index (κ3) is 1.57. The monoisotopic (exact) mass is 181 g/mol. The van der Waals surface area contributed by atoms with Gasteiger partial charge in [-0.3, -0.25) is 0 Å². The number of ether oxygens (including phenoxy) is 1. The molecule has 6 nitrogen and oxygen atoms in total. The van der Waals surface area contributed by atoms with Crippen LogP contribution in [0.5, 0.6) is 0 Å². The van der Waals surface area contributed by atoms with Crippen molar-refractivity contribution in [3.8, 4) is 11.7 Å². The molecule has 0 spiro atoms. The molecule has 0 aliphatic rings. The normalized spacial score (nSPS) is 10.5. The van der Waals surface area contributed by atoms with Crippen LogP contribution in [-0.4, -0.2) is 22.3 Å². The highest BCUT2D eigenvalue weighted by Gasteiger charge is 2.10. The van der Waals surface area contributed by atoms with E-state index >= 15 is 0 Å². The number of hydrogen-bond acceptors (Lipinski definition) is 6. The number of rotatable bonds is 3. The smallest absolute Gasteiger partial charge is 0.285 e. The molecule has 2 aromatic heterocycles. The summed E-state index contributed by atoms with van der Waals surface area (Å²) in [6, 6.07) is 0. The summed E-state index contributed by atoms with van der Waals surface area (Å²) in [6.07, 6.45) is 2.81. The highest BCUT2D eigenvalue weighted by atomic mass is 16.5. The largest absolute Gasteiger partial charge is 0.438 e. The van der Waals surface area contributed by atoms with E-state index in [-0.39, 0.29) is 0 Å². The van der Waals surface area contributed by atoms with E-state index in [0.717, 1.165) is 0 Å². The predicted octanol–water partition coefficient (Wildman–Crippen LogP) is 0.871. The Labute approximate surface area is 73.5 Å². The van der Waals surface area contributed by atoms with Crippen molar-refractivity contribution in [1.29, 1.82) is 0 Å². The topological polar surface area (TPSA) is 74.2 Å². The highest BCUT2D eigenvalue weighted by molar-refractivity contribution is 5.40. The lowest BCUT2D eigenvalue weighted by atomic mass is 10.5. The standard InChI is InChI=1S/C7H7N3O3/c1-11-3-6-9-10-7(13-6)5-2-8-4-12-5/h2,4H,3H2,1H3. The van der Waals surface area contributed by atoms with Crippen molar-refractivity contribution in [2.75, 3.05) is 7.11 Å². The van der Waals surface area contributed by atoms with Gasteiger partial charge in [-0.25, -0.2) is 4.98 Å². The quantitative estimate of drug-likeness (QED) is 0.699. The van der Waals surface area contributed by atoms with Gasteiger partial charge in [-0.1, -0.05) is 0 Å². The average molecular weight is 181 g/mol. The van der Waals surface area contributed by atoms with E-state index in [9.17, 15) is 0 Å². The van der Waals surface area contributed by atoms with Crippen molar-refractivity contribution in [2.45, 2.75) is 6.61 Å². The van der Waals surface area contributed by atoms with Crippen LogP contribution in [0.25, 0.3) is 11.7 Å². The molecule has 6 heteroatoms. The number of hydrogen-bond donors (Lipinski definition) is 0. The van der Waals surface area contributed by atoms with Gasteiger partial charge in [-0.05, 0) is 0 Å². The molecule has 0 N–H and O–H groups in total. The molecule has 0 radical (unpaired) electrons. The van der Waals surface area contributed by atoms with Crippen LogP contribution in [0.4, 0.5) is 0 Å². The Morgan fingerprint density at radius 3 is 3.08 bits per heavy atom. The van der Waals surface area contributed by atoms with Crippen LogP contribution in [0.1, 0.15) is 5.89 Å². The first-order chi connectivity index (χ1) is 6.40. The van der Waals surface area contributed by atoms with Crippen molar-refractivity contribution in [3.05, 3.63) is 18.5 Å². The molecule has 0 atom stereocenters. The van der Waals surface area contributed by atoms with Gasteiger partial charge in [0.15, 0.2) is 6.39 Å². The predicted molar refractivity (Wildman–Crippen MR) is 40.5 cm³/mol. The summed E-state index contributed by atoms with van der Waals surface area (Å²) in [5.74, 6) is 1.17. The summed E-state index contributed by atoms with van der Waals surface area (Å²) >= 11 is 0. The summed E-state index contributed by atoms with van der Waals surface area (Å²) in [5.41, 5.74) is 0. The minimum absolute atomic E-state index is 0.293. The van der Waals surface area contributed by atoms with Crippen LogP contribution < -0.4 is 0 Å². The van der Waals surface area contributed by atoms with Crippen molar-refractivity contribution in [2.24, 2.45) is 0 Å². The number of methoxy groups -OCH3 is 1. The maximum atomic E-state index is 5.19.